The van der Waals surface area contributed by atoms with Crippen molar-refractivity contribution < 1.29 is 0 Å². The van der Waals surface area contributed by atoms with Crippen molar-refractivity contribution in [3.63, 3.8) is 0 Å². The number of hydrogen-bond acceptors (Lipinski definition) is 3. The van der Waals surface area contributed by atoms with Crippen molar-refractivity contribution in [2.24, 2.45) is 0 Å². The molecular formula is C14H11N3S. The lowest BCUT2D eigenvalue weighted by Gasteiger charge is -2.02. The van der Waals surface area contributed by atoms with Crippen LogP contribution in [0.4, 0.5) is 0 Å². The molecule has 3 nitrogen and oxygen atoms in total. The summed E-state index contributed by atoms with van der Waals surface area (Å²) in [5, 5.41) is 13.1. The van der Waals surface area contributed by atoms with Crippen LogP contribution in [-0.4, -0.2) is 9.55 Å². The third-order valence-corrected chi connectivity index (χ3v) is 3.82. The fourth-order valence-corrected chi connectivity index (χ4v) is 2.80. The summed E-state index contributed by atoms with van der Waals surface area (Å²) in [4.78, 5) is 4.47. The maximum Gasteiger partial charge on any atom is 0.113 e. The Labute approximate surface area is 109 Å². The zero-order valence-corrected chi connectivity index (χ0v) is 10.7. The first kappa shape index (κ1) is 11.0. The Morgan fingerprint density at radius 1 is 1.39 bits per heavy atom. The molecule has 0 saturated carbocycles. The van der Waals surface area contributed by atoms with Gasteiger partial charge >= 0.3 is 0 Å². The lowest BCUT2D eigenvalue weighted by molar-refractivity contribution is 0.825. The Bertz CT molecular complexity index is 746. The second-order valence-electron chi connectivity index (χ2n) is 4.21. The van der Waals surface area contributed by atoms with Crippen molar-refractivity contribution >= 4 is 22.2 Å². The van der Waals surface area contributed by atoms with Gasteiger partial charge in [-0.25, -0.2) is 4.98 Å². The summed E-state index contributed by atoms with van der Waals surface area (Å²) in [7, 11) is 0. The summed E-state index contributed by atoms with van der Waals surface area (Å²) in [6.45, 7) is 2.79. The summed E-state index contributed by atoms with van der Waals surface area (Å²) in [6, 6.07) is 9.96. The van der Waals surface area contributed by atoms with Gasteiger partial charge in [-0.15, -0.1) is 11.3 Å². The maximum atomic E-state index is 8.88. The summed E-state index contributed by atoms with van der Waals surface area (Å²) in [5.74, 6) is 0. The van der Waals surface area contributed by atoms with Crippen LogP contribution in [0.15, 0.2) is 35.8 Å². The van der Waals surface area contributed by atoms with Crippen LogP contribution in [0.3, 0.4) is 0 Å². The molecule has 1 aromatic carbocycles. The van der Waals surface area contributed by atoms with Crippen molar-refractivity contribution in [2.45, 2.75) is 13.5 Å². The fraction of sp³-hybridized carbons (Fsp3) is 0.143. The van der Waals surface area contributed by atoms with E-state index in [0.717, 1.165) is 28.1 Å². The molecule has 2 heterocycles. The predicted octanol–water partition coefficient (Wildman–Crippen LogP) is 3.33. The number of thiazole rings is 1. The topological polar surface area (TPSA) is 41.6 Å². The molecule has 0 saturated heterocycles. The Balaban J connectivity index is 2.00. The minimum Gasteiger partial charge on any atom is -0.341 e. The van der Waals surface area contributed by atoms with Gasteiger partial charge in [0.1, 0.15) is 5.01 Å². The van der Waals surface area contributed by atoms with Crippen LogP contribution >= 0.6 is 11.3 Å². The molecule has 0 aliphatic rings. The van der Waals surface area contributed by atoms with Crippen LogP contribution in [-0.2, 0) is 6.54 Å². The lowest BCUT2D eigenvalue weighted by Crippen LogP contribution is -1.97. The largest absolute Gasteiger partial charge is 0.341 e. The Morgan fingerprint density at radius 2 is 2.28 bits per heavy atom. The summed E-state index contributed by atoms with van der Waals surface area (Å²) < 4.78 is 2.16. The first-order valence-electron chi connectivity index (χ1n) is 5.66. The summed E-state index contributed by atoms with van der Waals surface area (Å²) in [5.41, 5.74) is 2.91. The molecule has 88 valence electrons. The molecule has 0 aliphatic heterocycles. The van der Waals surface area contributed by atoms with E-state index in [4.69, 9.17) is 5.26 Å². The lowest BCUT2D eigenvalue weighted by atomic mass is 10.2. The van der Waals surface area contributed by atoms with E-state index in [1.165, 1.54) is 0 Å². The molecule has 3 aromatic rings. The number of hydrogen-bond donors (Lipinski definition) is 0. The zero-order valence-electron chi connectivity index (χ0n) is 9.92. The third-order valence-electron chi connectivity index (χ3n) is 2.87. The summed E-state index contributed by atoms with van der Waals surface area (Å²) >= 11 is 1.68. The van der Waals surface area contributed by atoms with E-state index >= 15 is 0 Å². The highest BCUT2D eigenvalue weighted by molar-refractivity contribution is 7.09. The van der Waals surface area contributed by atoms with Gasteiger partial charge in [-0.05, 0) is 31.2 Å². The van der Waals surface area contributed by atoms with Gasteiger partial charge in [0, 0.05) is 28.2 Å². The van der Waals surface area contributed by atoms with Crippen molar-refractivity contribution in [1.29, 1.82) is 5.26 Å². The van der Waals surface area contributed by atoms with E-state index in [9.17, 15) is 0 Å². The summed E-state index contributed by atoms with van der Waals surface area (Å²) in [6.07, 6.45) is 2.04. The third kappa shape index (κ3) is 1.89. The molecule has 0 spiro atoms. The molecule has 18 heavy (non-hydrogen) atoms. The number of aryl methyl sites for hydroxylation is 1. The van der Waals surface area contributed by atoms with E-state index in [-0.39, 0.29) is 0 Å². The van der Waals surface area contributed by atoms with Crippen LogP contribution in [0.2, 0.25) is 0 Å². The van der Waals surface area contributed by atoms with E-state index in [1.54, 1.807) is 11.3 Å². The zero-order chi connectivity index (χ0) is 12.5. The van der Waals surface area contributed by atoms with E-state index in [2.05, 4.69) is 21.0 Å². The number of fused-ring (bicyclic) bond motifs is 1. The molecule has 3 rings (SSSR count). The van der Waals surface area contributed by atoms with Crippen LogP contribution in [0.5, 0.6) is 0 Å². The number of nitriles is 1. The minimum absolute atomic E-state index is 0.699. The smallest absolute Gasteiger partial charge is 0.113 e. The normalized spacial score (nSPS) is 10.7. The average Bonchev–Trinajstić information content (AvgIpc) is 2.96. The molecular weight excluding hydrogens is 242 g/mol. The minimum atomic E-state index is 0.699. The molecule has 4 heteroatoms. The molecule has 0 atom stereocenters. The van der Waals surface area contributed by atoms with Crippen LogP contribution in [0, 0.1) is 18.3 Å². The average molecular weight is 253 g/mol. The second-order valence-corrected chi connectivity index (χ2v) is 5.15. The molecule has 0 aliphatic carbocycles. The van der Waals surface area contributed by atoms with Gasteiger partial charge in [0.15, 0.2) is 0 Å². The highest BCUT2D eigenvalue weighted by atomic mass is 32.1. The predicted molar refractivity (Wildman–Crippen MR) is 72.6 cm³/mol. The van der Waals surface area contributed by atoms with Crippen LogP contribution < -0.4 is 0 Å². The van der Waals surface area contributed by atoms with Gasteiger partial charge in [-0.3, -0.25) is 0 Å². The molecule has 0 radical (unpaired) electrons. The SMILES string of the molecule is Cc1csc(Cn2ccc3cc(C#N)ccc32)n1. The van der Waals surface area contributed by atoms with E-state index < -0.39 is 0 Å². The highest BCUT2D eigenvalue weighted by Crippen LogP contribution is 2.19. The van der Waals surface area contributed by atoms with E-state index in [1.807, 2.05) is 37.4 Å². The van der Waals surface area contributed by atoms with Crippen molar-refractivity contribution in [3.05, 3.63) is 52.1 Å². The van der Waals surface area contributed by atoms with Gasteiger partial charge in [-0.2, -0.15) is 5.26 Å². The van der Waals surface area contributed by atoms with Gasteiger partial charge < -0.3 is 4.57 Å². The number of nitrogens with zero attached hydrogens (tertiary/aromatic N) is 3. The van der Waals surface area contributed by atoms with Crippen molar-refractivity contribution in [3.8, 4) is 6.07 Å². The highest BCUT2D eigenvalue weighted by Gasteiger charge is 2.05. The Kier molecular flexibility index (Phi) is 2.62. The molecule has 0 unspecified atom stereocenters. The first-order valence-corrected chi connectivity index (χ1v) is 6.54. The van der Waals surface area contributed by atoms with Gasteiger partial charge in [0.2, 0.25) is 0 Å². The molecule has 0 amide bonds. The number of aromatic nitrogens is 2. The standard InChI is InChI=1S/C14H11N3S/c1-10-9-18-14(16-10)8-17-5-4-12-6-11(7-15)2-3-13(12)17/h2-6,9H,8H2,1H3. The first-order chi connectivity index (χ1) is 8.76. The quantitative estimate of drug-likeness (QED) is 0.703. The molecule has 0 bridgehead atoms. The maximum absolute atomic E-state index is 8.88. The molecule has 2 aromatic heterocycles. The Morgan fingerprint density at radius 3 is 3.00 bits per heavy atom. The van der Waals surface area contributed by atoms with E-state index in [0.29, 0.717) is 5.56 Å². The fourth-order valence-electron chi connectivity index (χ4n) is 2.03. The number of rotatable bonds is 2. The van der Waals surface area contributed by atoms with Crippen molar-refractivity contribution in [1.82, 2.24) is 9.55 Å². The van der Waals surface area contributed by atoms with Crippen LogP contribution in [0.25, 0.3) is 10.9 Å². The van der Waals surface area contributed by atoms with Crippen LogP contribution in [0.1, 0.15) is 16.3 Å². The van der Waals surface area contributed by atoms with Gasteiger partial charge in [-0.1, -0.05) is 0 Å². The Hall–Kier alpha value is -2.12. The molecule has 0 N–H and O–H groups in total. The van der Waals surface area contributed by atoms with Crippen molar-refractivity contribution in [2.75, 3.05) is 0 Å². The van der Waals surface area contributed by atoms with Gasteiger partial charge in [0.05, 0.1) is 18.2 Å². The molecule has 0 fully saturated rings. The second kappa shape index (κ2) is 4.28. The number of benzene rings is 1. The monoisotopic (exact) mass is 253 g/mol. The van der Waals surface area contributed by atoms with Gasteiger partial charge in [0.25, 0.3) is 0 Å².